The van der Waals surface area contributed by atoms with E-state index in [-0.39, 0.29) is 11.4 Å². The van der Waals surface area contributed by atoms with Gasteiger partial charge in [0.2, 0.25) is 0 Å². The molecular formula is C11H18BrN3O. The summed E-state index contributed by atoms with van der Waals surface area (Å²) in [6, 6.07) is 0. The Morgan fingerprint density at radius 2 is 2.38 bits per heavy atom. The number of nitrogens with zero attached hydrogens (tertiary/aromatic N) is 2. The summed E-state index contributed by atoms with van der Waals surface area (Å²) in [6.45, 7) is 4.13. The van der Waals surface area contributed by atoms with Gasteiger partial charge in [0.1, 0.15) is 0 Å². The number of aryl methyl sites for hydroxylation is 1. The molecule has 0 aliphatic carbocycles. The zero-order chi connectivity index (χ0) is 12.2. The Kier molecular flexibility index (Phi) is 4.53. The van der Waals surface area contributed by atoms with Gasteiger partial charge in [0.25, 0.3) is 5.91 Å². The number of halogens is 1. The van der Waals surface area contributed by atoms with Crippen molar-refractivity contribution in [2.24, 2.45) is 7.05 Å². The van der Waals surface area contributed by atoms with Gasteiger partial charge in [0.15, 0.2) is 0 Å². The van der Waals surface area contributed by atoms with Crippen LogP contribution in [0.15, 0.2) is 12.4 Å². The highest BCUT2D eigenvalue weighted by atomic mass is 79.9. The van der Waals surface area contributed by atoms with Gasteiger partial charge in [-0.25, -0.2) is 0 Å². The smallest absolute Gasteiger partial charge is 0.254 e. The van der Waals surface area contributed by atoms with E-state index in [0.717, 1.165) is 18.2 Å². The first-order valence-corrected chi connectivity index (χ1v) is 6.50. The van der Waals surface area contributed by atoms with Gasteiger partial charge in [-0.2, -0.15) is 5.10 Å². The van der Waals surface area contributed by atoms with Crippen LogP contribution >= 0.6 is 15.9 Å². The predicted molar refractivity (Wildman–Crippen MR) is 67.8 cm³/mol. The number of carbonyl (C=O) groups excluding carboxylic acids is 1. The number of hydrogen-bond acceptors (Lipinski definition) is 2. The molecule has 0 aromatic carbocycles. The molecule has 0 radical (unpaired) electrons. The summed E-state index contributed by atoms with van der Waals surface area (Å²) in [5, 5.41) is 7.92. The third-order valence-electron chi connectivity index (χ3n) is 2.81. The summed E-state index contributed by atoms with van der Waals surface area (Å²) in [7, 11) is 1.80. The summed E-state index contributed by atoms with van der Waals surface area (Å²) in [5.74, 6) is -0.0570. The van der Waals surface area contributed by atoms with Crippen LogP contribution in [0.3, 0.4) is 0 Å². The highest BCUT2D eigenvalue weighted by Crippen LogP contribution is 2.16. The van der Waals surface area contributed by atoms with Crippen molar-refractivity contribution in [2.75, 3.05) is 5.33 Å². The summed E-state index contributed by atoms with van der Waals surface area (Å²) in [5.41, 5.74) is 0.452. The fourth-order valence-electron chi connectivity index (χ4n) is 1.42. The molecule has 90 valence electrons. The molecule has 0 spiro atoms. The normalized spacial score (nSPS) is 14.5. The molecule has 0 fully saturated rings. The third-order valence-corrected chi connectivity index (χ3v) is 3.21. The van der Waals surface area contributed by atoms with E-state index in [1.54, 1.807) is 24.1 Å². The summed E-state index contributed by atoms with van der Waals surface area (Å²) >= 11 is 3.41. The molecule has 16 heavy (non-hydrogen) atoms. The van der Waals surface area contributed by atoms with Crippen molar-refractivity contribution in [1.29, 1.82) is 0 Å². The van der Waals surface area contributed by atoms with Crippen LogP contribution < -0.4 is 5.32 Å². The fourth-order valence-corrected chi connectivity index (χ4v) is 2.30. The van der Waals surface area contributed by atoms with Crippen molar-refractivity contribution in [1.82, 2.24) is 15.1 Å². The number of alkyl halides is 1. The average Bonchev–Trinajstić information content (AvgIpc) is 2.65. The molecule has 1 aromatic heterocycles. The lowest BCUT2D eigenvalue weighted by molar-refractivity contribution is 0.0901. The van der Waals surface area contributed by atoms with Crippen molar-refractivity contribution < 1.29 is 4.79 Å². The van der Waals surface area contributed by atoms with Gasteiger partial charge < -0.3 is 5.32 Å². The van der Waals surface area contributed by atoms with Crippen LogP contribution in [0.5, 0.6) is 0 Å². The molecule has 0 saturated heterocycles. The molecule has 0 aliphatic heterocycles. The Morgan fingerprint density at radius 1 is 1.69 bits per heavy atom. The van der Waals surface area contributed by atoms with Gasteiger partial charge in [-0.05, 0) is 19.8 Å². The van der Waals surface area contributed by atoms with Crippen molar-refractivity contribution >= 4 is 21.8 Å². The topological polar surface area (TPSA) is 46.9 Å². The van der Waals surface area contributed by atoms with Crippen LogP contribution in [0.2, 0.25) is 0 Å². The van der Waals surface area contributed by atoms with E-state index in [2.05, 4.69) is 40.2 Å². The molecule has 0 aliphatic rings. The monoisotopic (exact) mass is 287 g/mol. The number of aromatic nitrogens is 2. The zero-order valence-corrected chi connectivity index (χ0v) is 11.5. The Morgan fingerprint density at radius 3 is 2.81 bits per heavy atom. The minimum Gasteiger partial charge on any atom is -0.347 e. The third kappa shape index (κ3) is 3.33. The van der Waals surface area contributed by atoms with Crippen molar-refractivity contribution in [3.8, 4) is 0 Å². The number of hydrogen-bond donors (Lipinski definition) is 1. The second-order valence-electron chi connectivity index (χ2n) is 4.21. The molecule has 1 rings (SSSR count). The Labute approximate surface area is 105 Å². The maximum atomic E-state index is 11.9. The second kappa shape index (κ2) is 5.48. The molecule has 1 heterocycles. The van der Waals surface area contributed by atoms with Gasteiger partial charge in [-0.3, -0.25) is 9.48 Å². The molecule has 1 atom stereocenters. The highest BCUT2D eigenvalue weighted by molar-refractivity contribution is 9.09. The lowest BCUT2D eigenvalue weighted by Gasteiger charge is -2.28. The van der Waals surface area contributed by atoms with Crippen LogP contribution in [0.1, 0.15) is 37.0 Å². The average molecular weight is 288 g/mol. The van der Waals surface area contributed by atoms with Gasteiger partial charge in [-0.15, -0.1) is 0 Å². The highest BCUT2D eigenvalue weighted by Gasteiger charge is 2.24. The lowest BCUT2D eigenvalue weighted by Crippen LogP contribution is -2.45. The predicted octanol–water partition coefficient (Wildman–Crippen LogP) is 2.10. The number of rotatable bonds is 5. The molecule has 1 N–H and O–H groups in total. The maximum absolute atomic E-state index is 11.9. The second-order valence-corrected chi connectivity index (χ2v) is 5.00. The Hall–Kier alpha value is -0.840. The Balaban J connectivity index is 2.69. The van der Waals surface area contributed by atoms with Gasteiger partial charge >= 0.3 is 0 Å². The quantitative estimate of drug-likeness (QED) is 0.843. The first-order chi connectivity index (χ1) is 7.50. The van der Waals surface area contributed by atoms with Gasteiger partial charge in [-0.1, -0.05) is 22.9 Å². The summed E-state index contributed by atoms with van der Waals surface area (Å²) in [4.78, 5) is 11.9. The van der Waals surface area contributed by atoms with E-state index in [0.29, 0.717) is 5.56 Å². The first kappa shape index (κ1) is 13.2. The molecule has 1 aromatic rings. The van der Waals surface area contributed by atoms with Crippen molar-refractivity contribution in [3.05, 3.63) is 18.0 Å². The standard InChI is InChI=1S/C11H18BrN3O/c1-4-11(2,5-6-12)14-10(16)9-7-13-15(3)8-9/h7-8H,4-6H2,1-3H3,(H,14,16). The van der Waals surface area contributed by atoms with Gasteiger partial charge in [0, 0.05) is 24.1 Å². The van der Waals surface area contributed by atoms with Crippen molar-refractivity contribution in [2.45, 2.75) is 32.2 Å². The largest absolute Gasteiger partial charge is 0.347 e. The molecule has 1 unspecified atom stereocenters. The van der Waals surface area contributed by atoms with E-state index < -0.39 is 0 Å². The van der Waals surface area contributed by atoms with Crippen LogP contribution in [0.25, 0.3) is 0 Å². The van der Waals surface area contributed by atoms with Crippen LogP contribution in [0, 0.1) is 0 Å². The minimum atomic E-state index is -0.156. The maximum Gasteiger partial charge on any atom is 0.254 e. The lowest BCUT2D eigenvalue weighted by atomic mass is 9.95. The first-order valence-electron chi connectivity index (χ1n) is 5.38. The summed E-state index contributed by atoms with van der Waals surface area (Å²) < 4.78 is 1.63. The van der Waals surface area contributed by atoms with Crippen LogP contribution in [0.4, 0.5) is 0 Å². The Bertz CT molecular complexity index is 364. The SMILES string of the molecule is CCC(C)(CCBr)NC(=O)c1cnn(C)c1. The number of carbonyl (C=O) groups is 1. The molecule has 1 amide bonds. The van der Waals surface area contributed by atoms with E-state index in [1.807, 2.05) is 0 Å². The molecular weight excluding hydrogens is 270 g/mol. The zero-order valence-electron chi connectivity index (χ0n) is 9.96. The van der Waals surface area contributed by atoms with Crippen LogP contribution in [-0.2, 0) is 7.05 Å². The number of amides is 1. The summed E-state index contributed by atoms with van der Waals surface area (Å²) in [6.07, 6.45) is 5.12. The van der Waals surface area contributed by atoms with E-state index in [4.69, 9.17) is 0 Å². The van der Waals surface area contributed by atoms with Crippen LogP contribution in [-0.4, -0.2) is 26.6 Å². The van der Waals surface area contributed by atoms with E-state index in [1.165, 1.54) is 0 Å². The molecule has 0 saturated carbocycles. The molecule has 0 bridgehead atoms. The molecule has 4 nitrogen and oxygen atoms in total. The molecule has 5 heteroatoms. The van der Waals surface area contributed by atoms with Gasteiger partial charge in [0.05, 0.1) is 11.8 Å². The minimum absolute atomic E-state index is 0.0570. The van der Waals surface area contributed by atoms with Crippen molar-refractivity contribution in [3.63, 3.8) is 0 Å². The number of nitrogens with one attached hydrogen (secondary N) is 1. The van der Waals surface area contributed by atoms with E-state index in [9.17, 15) is 4.79 Å². The fraction of sp³-hybridized carbons (Fsp3) is 0.636. The van der Waals surface area contributed by atoms with E-state index >= 15 is 0 Å².